The first-order valence-corrected chi connectivity index (χ1v) is 6.06. The van der Waals surface area contributed by atoms with E-state index < -0.39 is 36.1 Å². The van der Waals surface area contributed by atoms with Crippen LogP contribution in [-0.4, -0.2) is 42.3 Å². The van der Waals surface area contributed by atoms with Gasteiger partial charge in [-0.25, -0.2) is 4.79 Å². The van der Waals surface area contributed by atoms with Crippen LogP contribution in [0, 0.1) is 5.41 Å². The molecule has 2 atom stereocenters. The summed E-state index contributed by atoms with van der Waals surface area (Å²) in [7, 11) is 0. The first-order chi connectivity index (χ1) is 8.74. The molecule has 0 aromatic rings. The summed E-state index contributed by atoms with van der Waals surface area (Å²) in [4.78, 5) is 22.8. The molecule has 1 amide bonds. The Morgan fingerprint density at radius 3 is 2.47 bits per heavy atom. The Balaban J connectivity index is 2.87. The molecule has 8 heteroatoms. The Bertz CT molecular complexity index is 352. The van der Waals surface area contributed by atoms with Crippen LogP contribution >= 0.6 is 0 Å². The predicted octanol–water partition coefficient (Wildman–Crippen LogP) is 0.898. The van der Waals surface area contributed by atoms with E-state index >= 15 is 0 Å². The molecule has 1 fully saturated rings. The van der Waals surface area contributed by atoms with E-state index in [0.717, 1.165) is 0 Å². The molecule has 1 aliphatic rings. The number of aliphatic carboxylic acids is 1. The summed E-state index contributed by atoms with van der Waals surface area (Å²) in [6.45, 7) is 1.26. The van der Waals surface area contributed by atoms with Crippen molar-refractivity contribution >= 4 is 11.9 Å². The second-order valence-electron chi connectivity index (χ2n) is 4.66. The number of carboxylic acids is 1. The van der Waals surface area contributed by atoms with E-state index in [0.29, 0.717) is 6.42 Å². The minimum atomic E-state index is -4.70. The summed E-state index contributed by atoms with van der Waals surface area (Å²) < 4.78 is 39.2. The van der Waals surface area contributed by atoms with Crippen LogP contribution in [0.1, 0.15) is 26.2 Å². The summed E-state index contributed by atoms with van der Waals surface area (Å²) in [5.41, 5.74) is -2.52. The van der Waals surface area contributed by atoms with Crippen LogP contribution in [0.4, 0.5) is 13.2 Å². The van der Waals surface area contributed by atoms with Gasteiger partial charge in [-0.3, -0.25) is 4.79 Å². The smallest absolute Gasteiger partial charge is 0.404 e. The fourth-order valence-electron chi connectivity index (χ4n) is 2.10. The van der Waals surface area contributed by atoms with Crippen molar-refractivity contribution in [1.82, 2.24) is 10.6 Å². The summed E-state index contributed by atoms with van der Waals surface area (Å²) in [5, 5.41) is 13.4. The maximum absolute atomic E-state index is 13.1. The lowest BCUT2D eigenvalue weighted by molar-refractivity contribution is -0.216. The van der Waals surface area contributed by atoms with Crippen molar-refractivity contribution in [3.05, 3.63) is 0 Å². The highest BCUT2D eigenvalue weighted by molar-refractivity contribution is 5.88. The number of halogens is 3. The SMILES string of the molecule is CCCC(NC(=O)C1(C(F)(F)F)CCNC1)C(=O)O. The minimum Gasteiger partial charge on any atom is -0.480 e. The van der Waals surface area contributed by atoms with Crippen LogP contribution in [0.2, 0.25) is 0 Å². The van der Waals surface area contributed by atoms with Gasteiger partial charge in [0.25, 0.3) is 0 Å². The highest BCUT2D eigenvalue weighted by atomic mass is 19.4. The molecular weight excluding hydrogens is 265 g/mol. The number of carbonyl (C=O) groups excluding carboxylic acids is 1. The summed E-state index contributed by atoms with van der Waals surface area (Å²) in [6, 6.07) is -1.28. The molecule has 2 unspecified atom stereocenters. The van der Waals surface area contributed by atoms with Crippen molar-refractivity contribution in [2.75, 3.05) is 13.1 Å². The van der Waals surface area contributed by atoms with Crippen molar-refractivity contribution < 1.29 is 27.9 Å². The third-order valence-electron chi connectivity index (χ3n) is 3.31. The zero-order valence-corrected chi connectivity index (χ0v) is 10.5. The first-order valence-electron chi connectivity index (χ1n) is 6.06. The second-order valence-corrected chi connectivity index (χ2v) is 4.66. The molecule has 1 rings (SSSR count). The third-order valence-corrected chi connectivity index (χ3v) is 3.31. The molecule has 0 saturated carbocycles. The highest BCUT2D eigenvalue weighted by Crippen LogP contribution is 2.43. The van der Waals surface area contributed by atoms with Crippen LogP contribution in [0.3, 0.4) is 0 Å². The summed E-state index contributed by atoms with van der Waals surface area (Å²) in [6.07, 6.45) is -4.52. The number of hydrogen-bond donors (Lipinski definition) is 3. The third kappa shape index (κ3) is 3.17. The molecule has 110 valence electrons. The summed E-state index contributed by atoms with van der Waals surface area (Å²) in [5.74, 6) is -2.58. The van der Waals surface area contributed by atoms with Crippen molar-refractivity contribution in [3.63, 3.8) is 0 Å². The molecule has 3 N–H and O–H groups in total. The molecule has 0 bridgehead atoms. The van der Waals surface area contributed by atoms with Gasteiger partial charge in [-0.15, -0.1) is 0 Å². The largest absolute Gasteiger partial charge is 0.480 e. The van der Waals surface area contributed by atoms with Gasteiger partial charge in [0.05, 0.1) is 0 Å². The Kier molecular flexibility index (Phi) is 4.78. The number of amides is 1. The van der Waals surface area contributed by atoms with Gasteiger partial charge >= 0.3 is 12.1 Å². The monoisotopic (exact) mass is 282 g/mol. The number of carboxylic acid groups (broad SMARTS) is 1. The highest BCUT2D eigenvalue weighted by Gasteiger charge is 2.61. The number of nitrogens with one attached hydrogen (secondary N) is 2. The van der Waals surface area contributed by atoms with Crippen molar-refractivity contribution in [2.45, 2.75) is 38.4 Å². The average molecular weight is 282 g/mol. The van der Waals surface area contributed by atoms with E-state index in [1.807, 2.05) is 5.32 Å². The fourth-order valence-corrected chi connectivity index (χ4v) is 2.10. The normalized spacial score (nSPS) is 25.1. The van der Waals surface area contributed by atoms with Gasteiger partial charge in [0.15, 0.2) is 5.41 Å². The van der Waals surface area contributed by atoms with Crippen molar-refractivity contribution in [2.24, 2.45) is 5.41 Å². The van der Waals surface area contributed by atoms with Gasteiger partial charge in [-0.05, 0) is 19.4 Å². The van der Waals surface area contributed by atoms with Crippen LogP contribution in [0.5, 0.6) is 0 Å². The van der Waals surface area contributed by atoms with Gasteiger partial charge in [0.1, 0.15) is 6.04 Å². The minimum absolute atomic E-state index is 0.0818. The zero-order valence-electron chi connectivity index (χ0n) is 10.5. The molecular formula is C11H17F3N2O3. The second kappa shape index (κ2) is 5.77. The lowest BCUT2D eigenvalue weighted by Gasteiger charge is -2.30. The van der Waals surface area contributed by atoms with E-state index in [1.165, 1.54) is 0 Å². The molecule has 1 heterocycles. The van der Waals surface area contributed by atoms with E-state index in [1.54, 1.807) is 6.92 Å². The summed E-state index contributed by atoms with van der Waals surface area (Å²) >= 11 is 0. The van der Waals surface area contributed by atoms with E-state index in [-0.39, 0.29) is 19.4 Å². The predicted molar refractivity (Wildman–Crippen MR) is 60.4 cm³/mol. The quantitative estimate of drug-likeness (QED) is 0.700. The fraction of sp³-hybridized carbons (Fsp3) is 0.818. The van der Waals surface area contributed by atoms with Crippen LogP contribution in [0.15, 0.2) is 0 Å². The van der Waals surface area contributed by atoms with E-state index in [4.69, 9.17) is 5.11 Å². The number of carbonyl (C=O) groups is 2. The van der Waals surface area contributed by atoms with Gasteiger partial charge in [0.2, 0.25) is 5.91 Å². The standard InChI is InChI=1S/C11H17F3N2O3/c1-2-3-7(8(17)18)16-9(19)10(11(12,13)14)4-5-15-6-10/h7,15H,2-6H2,1H3,(H,16,19)(H,17,18). The molecule has 0 aromatic heterocycles. The van der Waals surface area contributed by atoms with Crippen LogP contribution in [0.25, 0.3) is 0 Å². The van der Waals surface area contributed by atoms with Gasteiger partial charge < -0.3 is 15.7 Å². The molecule has 0 aliphatic carbocycles. The molecule has 0 spiro atoms. The van der Waals surface area contributed by atoms with E-state index in [2.05, 4.69) is 5.32 Å². The molecule has 19 heavy (non-hydrogen) atoms. The van der Waals surface area contributed by atoms with Gasteiger partial charge in [-0.2, -0.15) is 13.2 Å². The first kappa shape index (κ1) is 15.7. The maximum Gasteiger partial charge on any atom is 0.404 e. The number of hydrogen-bond acceptors (Lipinski definition) is 3. The van der Waals surface area contributed by atoms with Crippen LogP contribution in [-0.2, 0) is 9.59 Å². The molecule has 0 aromatic carbocycles. The lowest BCUT2D eigenvalue weighted by Crippen LogP contribution is -2.55. The molecule has 1 aliphatic heterocycles. The number of rotatable bonds is 5. The molecule has 5 nitrogen and oxygen atoms in total. The zero-order chi connectivity index (χ0) is 14.7. The molecule has 1 saturated heterocycles. The lowest BCUT2D eigenvalue weighted by atomic mass is 9.84. The Morgan fingerprint density at radius 1 is 1.47 bits per heavy atom. The van der Waals surface area contributed by atoms with Gasteiger partial charge in [-0.1, -0.05) is 13.3 Å². The van der Waals surface area contributed by atoms with Crippen molar-refractivity contribution in [3.8, 4) is 0 Å². The Hall–Kier alpha value is -1.31. The average Bonchev–Trinajstić information content (AvgIpc) is 2.77. The number of alkyl halides is 3. The van der Waals surface area contributed by atoms with Crippen molar-refractivity contribution in [1.29, 1.82) is 0 Å². The van der Waals surface area contributed by atoms with E-state index in [9.17, 15) is 22.8 Å². The maximum atomic E-state index is 13.1. The topological polar surface area (TPSA) is 78.4 Å². The van der Waals surface area contributed by atoms with Crippen LogP contribution < -0.4 is 10.6 Å². The Morgan fingerprint density at radius 2 is 2.11 bits per heavy atom. The Labute approximate surface area is 108 Å². The molecule has 0 radical (unpaired) electrons. The van der Waals surface area contributed by atoms with Gasteiger partial charge in [0, 0.05) is 6.54 Å².